The third-order valence-electron chi connectivity index (χ3n) is 3.82. The molecule has 1 unspecified atom stereocenters. The molecular formula is C17H35IN4O2. The Hall–Kier alpha value is -0.570. The summed E-state index contributed by atoms with van der Waals surface area (Å²) < 4.78 is 5.75. The van der Waals surface area contributed by atoms with Crippen LogP contribution in [0.4, 0.5) is 0 Å². The fourth-order valence-electron chi connectivity index (χ4n) is 2.33. The molecule has 24 heavy (non-hydrogen) atoms. The van der Waals surface area contributed by atoms with Crippen LogP contribution in [0.1, 0.15) is 46.0 Å². The zero-order valence-electron chi connectivity index (χ0n) is 15.6. The van der Waals surface area contributed by atoms with Gasteiger partial charge in [-0.2, -0.15) is 0 Å². The Bertz CT molecular complexity index is 370. The van der Waals surface area contributed by atoms with E-state index < -0.39 is 0 Å². The quantitative estimate of drug-likeness (QED) is 0.256. The molecule has 0 aromatic carbocycles. The summed E-state index contributed by atoms with van der Waals surface area (Å²) >= 11 is 0. The minimum absolute atomic E-state index is 0. The van der Waals surface area contributed by atoms with Crippen LogP contribution < -0.4 is 10.6 Å². The van der Waals surface area contributed by atoms with Crippen LogP contribution >= 0.6 is 24.0 Å². The number of hydrogen-bond acceptors (Lipinski definition) is 3. The standard InChI is InChI=1S/C17H34N4O2.HI/c1-14(2)12-19-17(20-13-16(22)21(3)4)18-10-7-9-15-8-5-6-11-23-15;/h14-15H,5-13H2,1-4H3,(H2,18,19,20);1H. The maximum absolute atomic E-state index is 11.7. The molecule has 1 atom stereocenters. The molecule has 0 bridgehead atoms. The van der Waals surface area contributed by atoms with E-state index in [-0.39, 0.29) is 36.4 Å². The normalized spacial score (nSPS) is 18.0. The van der Waals surface area contributed by atoms with E-state index in [0.29, 0.717) is 12.0 Å². The number of ether oxygens (including phenoxy) is 1. The van der Waals surface area contributed by atoms with Crippen molar-refractivity contribution in [2.24, 2.45) is 10.9 Å². The molecule has 0 saturated carbocycles. The van der Waals surface area contributed by atoms with Crippen LogP contribution in [0.25, 0.3) is 0 Å². The lowest BCUT2D eigenvalue weighted by molar-refractivity contribution is -0.127. The van der Waals surface area contributed by atoms with Crippen LogP contribution in [-0.4, -0.2) is 63.2 Å². The molecule has 1 rings (SSSR count). The number of rotatable bonds is 8. The predicted molar refractivity (Wildman–Crippen MR) is 110 cm³/mol. The van der Waals surface area contributed by atoms with Crippen LogP contribution in [0.15, 0.2) is 4.99 Å². The molecule has 1 aliphatic rings. The fraction of sp³-hybridized carbons (Fsp3) is 0.882. The summed E-state index contributed by atoms with van der Waals surface area (Å²) in [7, 11) is 3.49. The van der Waals surface area contributed by atoms with Gasteiger partial charge in [-0.3, -0.25) is 4.79 Å². The topological polar surface area (TPSA) is 66.0 Å². The third-order valence-corrected chi connectivity index (χ3v) is 3.82. The Labute approximate surface area is 164 Å². The molecule has 0 radical (unpaired) electrons. The minimum atomic E-state index is 0. The van der Waals surface area contributed by atoms with E-state index in [4.69, 9.17) is 4.74 Å². The van der Waals surface area contributed by atoms with Gasteiger partial charge in [0.25, 0.3) is 0 Å². The zero-order chi connectivity index (χ0) is 17.1. The Morgan fingerprint density at radius 2 is 2.04 bits per heavy atom. The highest BCUT2D eigenvalue weighted by atomic mass is 127. The molecule has 1 amide bonds. The number of nitrogens with zero attached hydrogens (tertiary/aromatic N) is 2. The van der Waals surface area contributed by atoms with E-state index in [9.17, 15) is 4.79 Å². The highest BCUT2D eigenvalue weighted by Gasteiger charge is 2.13. The smallest absolute Gasteiger partial charge is 0.243 e. The molecule has 0 aliphatic carbocycles. The number of amides is 1. The van der Waals surface area contributed by atoms with Gasteiger partial charge < -0.3 is 20.3 Å². The van der Waals surface area contributed by atoms with Gasteiger partial charge in [0.05, 0.1) is 6.10 Å². The first kappa shape index (κ1) is 23.4. The number of hydrogen-bond donors (Lipinski definition) is 2. The fourth-order valence-corrected chi connectivity index (χ4v) is 2.33. The molecule has 2 N–H and O–H groups in total. The van der Waals surface area contributed by atoms with Crippen LogP contribution in [0.3, 0.4) is 0 Å². The van der Waals surface area contributed by atoms with Crippen molar-refractivity contribution in [1.82, 2.24) is 15.5 Å². The molecule has 142 valence electrons. The molecule has 0 aromatic heterocycles. The van der Waals surface area contributed by atoms with E-state index in [2.05, 4.69) is 29.5 Å². The summed E-state index contributed by atoms with van der Waals surface area (Å²) in [6.45, 7) is 7.07. The van der Waals surface area contributed by atoms with Gasteiger partial charge in [-0.1, -0.05) is 13.8 Å². The number of likely N-dealkylation sites (N-methyl/N-ethyl adjacent to an activating group) is 1. The average molecular weight is 454 g/mol. The second-order valence-electron chi connectivity index (χ2n) is 6.79. The third kappa shape index (κ3) is 11.1. The number of carbonyl (C=O) groups excluding carboxylic acids is 1. The first-order valence-corrected chi connectivity index (χ1v) is 8.83. The van der Waals surface area contributed by atoms with Gasteiger partial charge in [-0.25, -0.2) is 4.99 Å². The van der Waals surface area contributed by atoms with E-state index in [1.54, 1.807) is 19.0 Å². The van der Waals surface area contributed by atoms with Gasteiger partial charge in [0.1, 0.15) is 6.54 Å². The number of halogens is 1. The van der Waals surface area contributed by atoms with Crippen LogP contribution in [0.2, 0.25) is 0 Å². The van der Waals surface area contributed by atoms with Crippen molar-refractivity contribution in [3.8, 4) is 0 Å². The molecule has 7 heteroatoms. The van der Waals surface area contributed by atoms with Crippen molar-refractivity contribution >= 4 is 35.8 Å². The average Bonchev–Trinajstić information content (AvgIpc) is 2.53. The van der Waals surface area contributed by atoms with Crippen LogP contribution in [-0.2, 0) is 9.53 Å². The Morgan fingerprint density at radius 3 is 2.62 bits per heavy atom. The lowest BCUT2D eigenvalue weighted by atomic mass is 10.0. The summed E-state index contributed by atoms with van der Waals surface area (Å²) in [6.07, 6.45) is 6.22. The molecule has 1 heterocycles. The van der Waals surface area contributed by atoms with Crippen molar-refractivity contribution in [3.63, 3.8) is 0 Å². The Morgan fingerprint density at radius 1 is 1.29 bits per heavy atom. The van der Waals surface area contributed by atoms with Crippen molar-refractivity contribution in [2.45, 2.75) is 52.1 Å². The van der Waals surface area contributed by atoms with Gasteiger partial charge in [0.15, 0.2) is 5.96 Å². The van der Waals surface area contributed by atoms with Crippen LogP contribution in [0.5, 0.6) is 0 Å². The molecule has 1 fully saturated rings. The predicted octanol–water partition coefficient (Wildman–Crippen LogP) is 2.23. The van der Waals surface area contributed by atoms with Gasteiger partial charge >= 0.3 is 0 Å². The van der Waals surface area contributed by atoms with E-state index in [1.807, 2.05) is 0 Å². The number of nitrogens with one attached hydrogen (secondary N) is 2. The molecule has 0 aromatic rings. The molecular weight excluding hydrogens is 419 g/mol. The first-order chi connectivity index (χ1) is 11.0. The maximum Gasteiger partial charge on any atom is 0.243 e. The SMILES string of the molecule is CC(C)CNC(=NCC(=O)N(C)C)NCCCC1CCCCO1.I. The molecule has 6 nitrogen and oxygen atoms in total. The molecule has 1 saturated heterocycles. The number of carbonyl (C=O) groups is 1. The van der Waals surface area contributed by atoms with Crippen molar-refractivity contribution in [2.75, 3.05) is 40.3 Å². The maximum atomic E-state index is 11.7. The summed E-state index contributed by atoms with van der Waals surface area (Å²) in [5, 5.41) is 6.61. The van der Waals surface area contributed by atoms with Gasteiger partial charge in [0, 0.05) is 33.8 Å². The monoisotopic (exact) mass is 454 g/mol. The second kappa shape index (κ2) is 13.7. The van der Waals surface area contributed by atoms with E-state index in [1.165, 1.54) is 19.3 Å². The lowest BCUT2D eigenvalue weighted by Crippen LogP contribution is -2.40. The highest BCUT2D eigenvalue weighted by Crippen LogP contribution is 2.16. The van der Waals surface area contributed by atoms with E-state index >= 15 is 0 Å². The minimum Gasteiger partial charge on any atom is -0.378 e. The number of aliphatic imine (C=N–C) groups is 1. The van der Waals surface area contributed by atoms with Gasteiger partial charge in [-0.05, 0) is 38.0 Å². The summed E-state index contributed by atoms with van der Waals surface area (Å²) in [4.78, 5) is 17.6. The summed E-state index contributed by atoms with van der Waals surface area (Å²) in [6, 6.07) is 0. The van der Waals surface area contributed by atoms with Gasteiger partial charge in [0.2, 0.25) is 5.91 Å². The molecule has 1 aliphatic heterocycles. The van der Waals surface area contributed by atoms with Crippen LogP contribution in [0, 0.1) is 5.92 Å². The summed E-state index contributed by atoms with van der Waals surface area (Å²) in [5.41, 5.74) is 0. The first-order valence-electron chi connectivity index (χ1n) is 8.83. The zero-order valence-corrected chi connectivity index (χ0v) is 18.0. The lowest BCUT2D eigenvalue weighted by Gasteiger charge is -2.22. The van der Waals surface area contributed by atoms with Crippen molar-refractivity contribution in [1.29, 1.82) is 0 Å². The highest BCUT2D eigenvalue weighted by molar-refractivity contribution is 14.0. The van der Waals surface area contributed by atoms with E-state index in [0.717, 1.165) is 38.5 Å². The summed E-state index contributed by atoms with van der Waals surface area (Å²) in [5.74, 6) is 1.26. The van der Waals surface area contributed by atoms with Crippen molar-refractivity contribution in [3.05, 3.63) is 0 Å². The van der Waals surface area contributed by atoms with Gasteiger partial charge in [-0.15, -0.1) is 24.0 Å². The number of guanidine groups is 1. The van der Waals surface area contributed by atoms with Crippen molar-refractivity contribution < 1.29 is 9.53 Å². The molecule has 0 spiro atoms. The largest absolute Gasteiger partial charge is 0.378 e. The Balaban J connectivity index is 0.00000529. The Kier molecular flexibility index (Phi) is 13.4. The second-order valence-corrected chi connectivity index (χ2v) is 6.79.